The molecule has 1 aliphatic carbocycles. The van der Waals surface area contributed by atoms with Crippen LogP contribution >= 0.6 is 0 Å². The molecule has 1 fully saturated rings. The largest absolute Gasteiger partial charge is 0.339 e. The second-order valence-electron chi connectivity index (χ2n) is 5.07. The Kier molecular flexibility index (Phi) is 5.14. The van der Waals surface area contributed by atoms with E-state index in [1.165, 1.54) is 19.3 Å². The van der Waals surface area contributed by atoms with Crippen LogP contribution in [-0.4, -0.2) is 35.4 Å². The average molecular weight is 271 g/mol. The molecule has 0 radical (unpaired) electrons. The van der Waals surface area contributed by atoms with Gasteiger partial charge in [-0.15, -0.1) is 0 Å². The van der Waals surface area contributed by atoms with Crippen LogP contribution in [0.5, 0.6) is 0 Å². The number of pyridine rings is 1. The molecule has 1 aliphatic rings. The number of nitrogens with zero attached hydrogens (tertiary/aromatic N) is 2. The number of nitrogens with two attached hydrogens (primary N) is 1. The van der Waals surface area contributed by atoms with Crippen molar-refractivity contribution in [2.24, 2.45) is 11.7 Å². The molecule has 0 bridgehead atoms. The quantitative estimate of drug-likeness (QED) is 0.847. The fourth-order valence-electron chi connectivity index (χ4n) is 2.34. The summed E-state index contributed by atoms with van der Waals surface area (Å²) >= 11 is 0. The number of carbonyl (C=O) groups is 1. The van der Waals surface area contributed by atoms with Gasteiger partial charge in [0, 0.05) is 25.5 Å². The van der Waals surface area contributed by atoms with Crippen molar-refractivity contribution >= 4 is 5.91 Å². The molecule has 0 aliphatic heterocycles. The summed E-state index contributed by atoms with van der Waals surface area (Å²) < 4.78 is 0. The first-order valence-corrected chi connectivity index (χ1v) is 7.18. The van der Waals surface area contributed by atoms with E-state index in [1.807, 2.05) is 11.8 Å². The molecule has 0 atom stereocenters. The summed E-state index contributed by atoms with van der Waals surface area (Å²) in [4.78, 5) is 18.6. The Hall–Kier alpha value is -1.86. The number of amides is 1. The van der Waals surface area contributed by atoms with E-state index in [0.717, 1.165) is 13.1 Å². The first-order valence-electron chi connectivity index (χ1n) is 7.18. The molecule has 0 saturated heterocycles. The van der Waals surface area contributed by atoms with Gasteiger partial charge in [-0.3, -0.25) is 9.78 Å². The van der Waals surface area contributed by atoms with Gasteiger partial charge in [-0.05, 0) is 31.7 Å². The van der Waals surface area contributed by atoms with Crippen LogP contribution in [0.4, 0.5) is 0 Å². The van der Waals surface area contributed by atoms with E-state index in [0.29, 0.717) is 17.0 Å². The summed E-state index contributed by atoms with van der Waals surface area (Å²) in [6.07, 6.45) is 7.03. The lowest BCUT2D eigenvalue weighted by Gasteiger charge is -2.32. The van der Waals surface area contributed by atoms with Gasteiger partial charge in [0.05, 0.1) is 17.7 Å². The van der Waals surface area contributed by atoms with E-state index in [-0.39, 0.29) is 12.5 Å². The lowest BCUT2D eigenvalue weighted by molar-refractivity contribution is 0.0706. The van der Waals surface area contributed by atoms with Gasteiger partial charge in [-0.2, -0.15) is 0 Å². The molecule has 1 saturated carbocycles. The van der Waals surface area contributed by atoms with Gasteiger partial charge in [0.2, 0.25) is 0 Å². The van der Waals surface area contributed by atoms with Crippen molar-refractivity contribution in [1.29, 1.82) is 0 Å². The van der Waals surface area contributed by atoms with E-state index in [1.54, 1.807) is 18.5 Å². The van der Waals surface area contributed by atoms with Gasteiger partial charge >= 0.3 is 0 Å². The van der Waals surface area contributed by atoms with Crippen LogP contribution in [-0.2, 0) is 0 Å². The van der Waals surface area contributed by atoms with E-state index in [2.05, 4.69) is 16.8 Å². The van der Waals surface area contributed by atoms with Crippen LogP contribution in [0.1, 0.15) is 42.1 Å². The second kappa shape index (κ2) is 7.06. The van der Waals surface area contributed by atoms with Crippen molar-refractivity contribution in [2.45, 2.75) is 26.2 Å². The Bertz CT molecular complexity index is 526. The predicted molar refractivity (Wildman–Crippen MR) is 79.1 cm³/mol. The molecule has 1 amide bonds. The van der Waals surface area contributed by atoms with E-state index < -0.39 is 0 Å². The van der Waals surface area contributed by atoms with Gasteiger partial charge < -0.3 is 10.6 Å². The van der Waals surface area contributed by atoms with E-state index >= 15 is 0 Å². The summed E-state index contributed by atoms with van der Waals surface area (Å²) in [5.41, 5.74) is 6.68. The molecule has 1 heterocycles. The van der Waals surface area contributed by atoms with Gasteiger partial charge in [0.15, 0.2) is 0 Å². The minimum absolute atomic E-state index is 0.0446. The van der Waals surface area contributed by atoms with Crippen LogP contribution < -0.4 is 5.73 Å². The molecule has 0 spiro atoms. The maximum atomic E-state index is 12.6. The standard InChI is InChI=1S/C16H21N3O/c1-2-19(12-13-5-3-6-13)16(20)15-8-10-18-11-14(15)7-4-9-17/h8,10-11,13H,2-3,5-6,9,12,17H2,1H3. The molecule has 106 valence electrons. The Morgan fingerprint density at radius 3 is 2.95 bits per heavy atom. The molecule has 4 nitrogen and oxygen atoms in total. The molecule has 20 heavy (non-hydrogen) atoms. The van der Waals surface area contributed by atoms with Crippen molar-refractivity contribution in [3.8, 4) is 11.8 Å². The molecule has 2 rings (SSSR count). The highest BCUT2D eigenvalue weighted by molar-refractivity contribution is 5.96. The third-order valence-corrected chi connectivity index (χ3v) is 3.75. The van der Waals surface area contributed by atoms with Crippen LogP contribution in [0.15, 0.2) is 18.5 Å². The van der Waals surface area contributed by atoms with Gasteiger partial charge in [-0.1, -0.05) is 18.3 Å². The Labute approximate surface area is 120 Å². The van der Waals surface area contributed by atoms with Crippen LogP contribution in [0.2, 0.25) is 0 Å². The highest BCUT2D eigenvalue weighted by Crippen LogP contribution is 2.27. The Morgan fingerprint density at radius 1 is 1.55 bits per heavy atom. The van der Waals surface area contributed by atoms with Crippen LogP contribution in [0.3, 0.4) is 0 Å². The lowest BCUT2D eigenvalue weighted by atomic mass is 9.85. The molecule has 2 N–H and O–H groups in total. The highest BCUT2D eigenvalue weighted by Gasteiger charge is 2.24. The summed E-state index contributed by atoms with van der Waals surface area (Å²) in [6, 6.07) is 1.74. The molecule has 1 aromatic rings. The first-order chi connectivity index (χ1) is 9.76. The van der Waals surface area contributed by atoms with Gasteiger partial charge in [0.1, 0.15) is 0 Å². The molecule has 4 heteroatoms. The Morgan fingerprint density at radius 2 is 2.35 bits per heavy atom. The second-order valence-corrected chi connectivity index (χ2v) is 5.07. The summed E-state index contributed by atoms with van der Waals surface area (Å²) in [6.45, 7) is 3.87. The molecule has 1 aromatic heterocycles. The molecular weight excluding hydrogens is 250 g/mol. The normalized spacial score (nSPS) is 14.1. The SMILES string of the molecule is CCN(CC1CCC1)C(=O)c1ccncc1C#CCN. The van der Waals surface area contributed by atoms with Crippen LogP contribution in [0, 0.1) is 17.8 Å². The number of carbonyl (C=O) groups excluding carboxylic acids is 1. The van der Waals surface area contributed by atoms with Crippen molar-refractivity contribution < 1.29 is 4.79 Å². The minimum Gasteiger partial charge on any atom is -0.339 e. The van der Waals surface area contributed by atoms with Crippen LogP contribution in [0.25, 0.3) is 0 Å². The number of rotatable bonds is 4. The summed E-state index contributed by atoms with van der Waals surface area (Å²) in [7, 11) is 0. The monoisotopic (exact) mass is 271 g/mol. The topological polar surface area (TPSA) is 59.2 Å². The zero-order chi connectivity index (χ0) is 14.4. The zero-order valence-corrected chi connectivity index (χ0v) is 11.9. The highest BCUT2D eigenvalue weighted by atomic mass is 16.2. The van der Waals surface area contributed by atoms with Gasteiger partial charge in [0.25, 0.3) is 5.91 Å². The average Bonchev–Trinajstić information content (AvgIpc) is 2.44. The van der Waals surface area contributed by atoms with Crippen molar-refractivity contribution in [3.63, 3.8) is 0 Å². The Balaban J connectivity index is 2.17. The fourth-order valence-corrected chi connectivity index (χ4v) is 2.34. The number of hydrogen-bond acceptors (Lipinski definition) is 3. The molecular formula is C16H21N3O. The van der Waals surface area contributed by atoms with E-state index in [4.69, 9.17) is 5.73 Å². The third-order valence-electron chi connectivity index (χ3n) is 3.75. The summed E-state index contributed by atoms with van der Waals surface area (Å²) in [5, 5.41) is 0. The third kappa shape index (κ3) is 3.37. The maximum absolute atomic E-state index is 12.6. The van der Waals surface area contributed by atoms with Crippen molar-refractivity contribution in [2.75, 3.05) is 19.6 Å². The number of hydrogen-bond donors (Lipinski definition) is 1. The minimum atomic E-state index is 0.0446. The predicted octanol–water partition coefficient (Wildman–Crippen LogP) is 1.65. The summed E-state index contributed by atoms with van der Waals surface area (Å²) in [5.74, 6) is 6.43. The van der Waals surface area contributed by atoms with Crippen molar-refractivity contribution in [3.05, 3.63) is 29.6 Å². The zero-order valence-electron chi connectivity index (χ0n) is 11.9. The molecule has 0 aromatic carbocycles. The van der Waals surface area contributed by atoms with Gasteiger partial charge in [-0.25, -0.2) is 0 Å². The fraction of sp³-hybridized carbons (Fsp3) is 0.500. The maximum Gasteiger partial charge on any atom is 0.255 e. The smallest absolute Gasteiger partial charge is 0.255 e. The number of aromatic nitrogens is 1. The van der Waals surface area contributed by atoms with Crippen molar-refractivity contribution in [1.82, 2.24) is 9.88 Å². The first kappa shape index (κ1) is 14.5. The van der Waals surface area contributed by atoms with E-state index in [9.17, 15) is 4.79 Å². The lowest BCUT2D eigenvalue weighted by Crippen LogP contribution is -2.37. The molecule has 0 unspecified atom stereocenters.